The van der Waals surface area contributed by atoms with Crippen LogP contribution in [0.1, 0.15) is 18.9 Å². The molecule has 0 N–H and O–H groups in total. The van der Waals surface area contributed by atoms with E-state index in [0.29, 0.717) is 18.6 Å². The molecule has 0 radical (unpaired) electrons. The molecule has 0 unspecified atom stereocenters. The fourth-order valence-corrected chi connectivity index (χ4v) is 1.28. The van der Waals surface area contributed by atoms with E-state index in [1.54, 1.807) is 19.1 Å². The first-order valence-corrected chi connectivity index (χ1v) is 5.56. The molecule has 2 heteroatoms. The summed E-state index contributed by atoms with van der Waals surface area (Å²) < 4.78 is 4.94. The third kappa shape index (κ3) is 4.54. The molecule has 1 aromatic carbocycles. The topological polar surface area (TPSA) is 26.3 Å². The predicted octanol–water partition coefficient (Wildman–Crippen LogP) is 3.36. The highest BCUT2D eigenvalue weighted by atomic mass is 16.5. The normalized spacial score (nSPS) is 9.00. The number of carbonyl (C=O) groups is 1. The van der Waals surface area contributed by atoms with E-state index in [4.69, 9.17) is 4.74 Å². The van der Waals surface area contributed by atoms with Crippen LogP contribution >= 0.6 is 0 Å². The smallest absolute Gasteiger partial charge is 0.342 e. The van der Waals surface area contributed by atoms with Crippen LogP contribution in [0.4, 0.5) is 0 Å². The maximum atomic E-state index is 11.6. The molecule has 0 amide bonds. The lowest BCUT2D eigenvalue weighted by Gasteiger charge is -2.01. The highest BCUT2D eigenvalue weighted by molar-refractivity contribution is 5.89. The van der Waals surface area contributed by atoms with E-state index in [1.165, 1.54) is 0 Å². The van der Waals surface area contributed by atoms with E-state index in [-0.39, 0.29) is 5.97 Å². The Labute approximate surface area is 102 Å². The van der Waals surface area contributed by atoms with Gasteiger partial charge in [0.05, 0.1) is 12.2 Å². The number of hydrogen-bond donors (Lipinski definition) is 0. The van der Waals surface area contributed by atoms with E-state index in [0.717, 1.165) is 5.56 Å². The molecule has 17 heavy (non-hydrogen) atoms. The third-order valence-corrected chi connectivity index (χ3v) is 2.08. The second-order valence-electron chi connectivity index (χ2n) is 3.39. The Kier molecular flexibility index (Phi) is 5.56. The third-order valence-electron chi connectivity index (χ3n) is 2.08. The van der Waals surface area contributed by atoms with Crippen molar-refractivity contribution in [2.24, 2.45) is 0 Å². The molecular formula is C15H16O2. The van der Waals surface area contributed by atoms with Gasteiger partial charge in [-0.2, -0.15) is 0 Å². The maximum Gasteiger partial charge on any atom is 0.342 e. The molecule has 0 atom stereocenters. The lowest BCUT2D eigenvalue weighted by Crippen LogP contribution is -2.06. The average molecular weight is 228 g/mol. The van der Waals surface area contributed by atoms with E-state index >= 15 is 0 Å². The van der Waals surface area contributed by atoms with Crippen LogP contribution < -0.4 is 0 Å². The monoisotopic (exact) mass is 228 g/mol. The number of hydrogen-bond acceptors (Lipinski definition) is 2. The summed E-state index contributed by atoms with van der Waals surface area (Å²) >= 11 is 0. The van der Waals surface area contributed by atoms with Crippen LogP contribution in [0, 0.1) is 0 Å². The lowest BCUT2D eigenvalue weighted by molar-refractivity contribution is -0.138. The van der Waals surface area contributed by atoms with Crippen molar-refractivity contribution in [1.29, 1.82) is 0 Å². The van der Waals surface area contributed by atoms with E-state index in [1.807, 2.05) is 30.3 Å². The van der Waals surface area contributed by atoms with Crippen LogP contribution in [0.2, 0.25) is 0 Å². The Hall–Kier alpha value is -2.05. The van der Waals surface area contributed by atoms with Gasteiger partial charge in [-0.25, -0.2) is 4.79 Å². The van der Waals surface area contributed by atoms with Crippen molar-refractivity contribution in [3.05, 3.63) is 59.9 Å². The summed E-state index contributed by atoms with van der Waals surface area (Å²) in [6.45, 7) is 5.77. The number of esters is 1. The Morgan fingerprint density at radius 1 is 1.41 bits per heavy atom. The molecule has 1 aromatic rings. The summed E-state index contributed by atoms with van der Waals surface area (Å²) in [5, 5.41) is 0. The minimum absolute atomic E-state index is 0.334. The molecule has 88 valence electrons. The van der Waals surface area contributed by atoms with Gasteiger partial charge in [-0.05, 0) is 18.6 Å². The minimum atomic E-state index is -0.334. The molecule has 1 rings (SSSR count). The Morgan fingerprint density at radius 3 is 2.71 bits per heavy atom. The zero-order valence-corrected chi connectivity index (χ0v) is 9.98. The van der Waals surface area contributed by atoms with Gasteiger partial charge in [0.15, 0.2) is 0 Å². The number of ether oxygens (including phenoxy) is 1. The Bertz CT molecular complexity index is 437. The largest absolute Gasteiger partial charge is 0.462 e. The van der Waals surface area contributed by atoms with Gasteiger partial charge in [-0.1, -0.05) is 36.4 Å². The first-order valence-electron chi connectivity index (χ1n) is 5.56. The van der Waals surface area contributed by atoms with Gasteiger partial charge in [0.2, 0.25) is 0 Å². The van der Waals surface area contributed by atoms with Gasteiger partial charge in [0.1, 0.15) is 0 Å². The second-order valence-corrected chi connectivity index (χ2v) is 3.39. The van der Waals surface area contributed by atoms with Gasteiger partial charge in [-0.15, -0.1) is 12.3 Å². The van der Waals surface area contributed by atoms with Crippen molar-refractivity contribution in [2.45, 2.75) is 13.3 Å². The van der Waals surface area contributed by atoms with Gasteiger partial charge < -0.3 is 4.74 Å². The molecule has 0 aliphatic rings. The lowest BCUT2D eigenvalue weighted by atomic mass is 10.1. The van der Waals surface area contributed by atoms with Gasteiger partial charge >= 0.3 is 5.97 Å². The molecule has 0 heterocycles. The van der Waals surface area contributed by atoms with Crippen molar-refractivity contribution < 1.29 is 9.53 Å². The SMILES string of the molecule is C=CCC(=C=Cc1ccccc1)C(=O)OCC. The minimum Gasteiger partial charge on any atom is -0.462 e. The highest BCUT2D eigenvalue weighted by Gasteiger charge is 2.06. The number of carbonyl (C=O) groups excluding carboxylic acids is 1. The van der Waals surface area contributed by atoms with E-state index in [9.17, 15) is 4.79 Å². The highest BCUT2D eigenvalue weighted by Crippen LogP contribution is 2.06. The van der Waals surface area contributed by atoms with Crippen LogP contribution in [-0.2, 0) is 9.53 Å². The fourth-order valence-electron chi connectivity index (χ4n) is 1.28. The predicted molar refractivity (Wildman–Crippen MR) is 69.4 cm³/mol. The number of benzene rings is 1. The molecule has 0 fully saturated rings. The standard InChI is InChI=1S/C15H16O2/c1-3-8-14(15(16)17-4-2)12-11-13-9-6-5-7-10-13/h3,5-7,9-11H,1,4,8H2,2H3. The molecule has 0 spiro atoms. The average Bonchev–Trinajstić information content (AvgIpc) is 2.36. The van der Waals surface area contributed by atoms with Crippen molar-refractivity contribution in [3.63, 3.8) is 0 Å². The Balaban J connectivity index is 2.93. The fraction of sp³-hybridized carbons (Fsp3) is 0.200. The van der Waals surface area contributed by atoms with Crippen molar-refractivity contribution in [2.75, 3.05) is 6.61 Å². The molecule has 0 saturated carbocycles. The number of allylic oxidation sites excluding steroid dienone is 1. The molecule has 0 aliphatic heterocycles. The zero-order chi connectivity index (χ0) is 12.5. The molecule has 0 bridgehead atoms. The first-order chi connectivity index (χ1) is 8.27. The molecule has 0 saturated heterocycles. The first kappa shape index (κ1) is 13.0. The van der Waals surface area contributed by atoms with E-state index in [2.05, 4.69) is 12.3 Å². The summed E-state index contributed by atoms with van der Waals surface area (Å²) in [7, 11) is 0. The molecule has 0 aromatic heterocycles. The molecule has 0 aliphatic carbocycles. The summed E-state index contributed by atoms with van der Waals surface area (Å²) in [6.07, 6.45) is 3.90. The van der Waals surface area contributed by atoms with E-state index < -0.39 is 0 Å². The van der Waals surface area contributed by atoms with Crippen LogP contribution in [0.15, 0.2) is 54.3 Å². The summed E-state index contributed by atoms with van der Waals surface area (Å²) in [4.78, 5) is 11.6. The molecular weight excluding hydrogens is 212 g/mol. The quantitative estimate of drug-likeness (QED) is 0.334. The molecule has 2 nitrogen and oxygen atoms in total. The van der Waals surface area contributed by atoms with Crippen LogP contribution in [0.5, 0.6) is 0 Å². The van der Waals surface area contributed by atoms with Crippen molar-refractivity contribution in [1.82, 2.24) is 0 Å². The van der Waals surface area contributed by atoms with Gasteiger partial charge in [0, 0.05) is 6.42 Å². The van der Waals surface area contributed by atoms with Crippen molar-refractivity contribution >= 4 is 12.0 Å². The number of rotatable bonds is 5. The van der Waals surface area contributed by atoms with Crippen molar-refractivity contribution in [3.8, 4) is 0 Å². The van der Waals surface area contributed by atoms with Crippen LogP contribution in [-0.4, -0.2) is 12.6 Å². The maximum absolute atomic E-state index is 11.6. The van der Waals surface area contributed by atoms with Gasteiger partial charge in [-0.3, -0.25) is 0 Å². The second kappa shape index (κ2) is 7.26. The summed E-state index contributed by atoms with van der Waals surface area (Å²) in [5.41, 5.74) is 4.46. The summed E-state index contributed by atoms with van der Waals surface area (Å²) in [5.74, 6) is -0.334. The van der Waals surface area contributed by atoms with Crippen LogP contribution in [0.3, 0.4) is 0 Å². The Morgan fingerprint density at radius 2 is 2.12 bits per heavy atom. The van der Waals surface area contributed by atoms with Crippen LogP contribution in [0.25, 0.3) is 6.08 Å². The summed E-state index contributed by atoms with van der Waals surface area (Å²) in [6, 6.07) is 9.71. The zero-order valence-electron chi connectivity index (χ0n) is 9.98. The van der Waals surface area contributed by atoms with Gasteiger partial charge in [0.25, 0.3) is 0 Å².